The van der Waals surface area contributed by atoms with Crippen molar-refractivity contribution >= 4 is 21.7 Å². The molecule has 0 aromatic rings. The van der Waals surface area contributed by atoms with Gasteiger partial charge in [-0.1, -0.05) is 0 Å². The Kier molecular flexibility index (Phi) is 8.61. The molecule has 1 unspecified atom stereocenters. The minimum atomic E-state index is -2.96. The predicted octanol–water partition coefficient (Wildman–Crippen LogP) is 3.92. The van der Waals surface area contributed by atoms with Crippen LogP contribution in [-0.2, 0) is 19.4 Å². The van der Waals surface area contributed by atoms with Crippen molar-refractivity contribution in [3.8, 4) is 0 Å². The van der Waals surface area contributed by atoms with E-state index in [0.29, 0.717) is 48.8 Å². The monoisotopic (exact) mass is 521 g/mol. The second-order valence-electron chi connectivity index (χ2n) is 12.5. The first-order chi connectivity index (χ1) is 17.4. The fraction of sp³-hybridized carbons (Fsp3) is 0.929. The first-order valence-electron chi connectivity index (χ1n) is 15.0. The van der Waals surface area contributed by atoms with Crippen LogP contribution in [0.1, 0.15) is 109 Å². The Bertz CT molecular complexity index is 863. The third kappa shape index (κ3) is 6.64. The van der Waals surface area contributed by atoms with Gasteiger partial charge in [-0.15, -0.1) is 0 Å². The topological polar surface area (TPSA) is 95.6 Å². The van der Waals surface area contributed by atoms with Gasteiger partial charge in [0.05, 0.1) is 17.2 Å². The first-order valence-corrected chi connectivity index (χ1v) is 16.7. The summed E-state index contributed by atoms with van der Waals surface area (Å²) in [5.74, 6) is 1.64. The van der Waals surface area contributed by atoms with Gasteiger partial charge in [0.25, 0.3) is 0 Å². The van der Waals surface area contributed by atoms with E-state index in [0.717, 1.165) is 77.2 Å². The van der Waals surface area contributed by atoms with Crippen molar-refractivity contribution in [1.82, 2.24) is 15.5 Å². The number of carbonyl (C=O) groups excluding carboxylic acids is 2. The van der Waals surface area contributed by atoms with Crippen molar-refractivity contribution < 1.29 is 18.0 Å². The molecule has 5 fully saturated rings. The maximum Gasteiger partial charge on any atom is 0.227 e. The minimum Gasteiger partial charge on any atom is -0.353 e. The molecular weight excluding hydrogens is 474 g/mol. The lowest BCUT2D eigenvalue weighted by Gasteiger charge is -2.46. The number of nitrogens with zero attached hydrogens (tertiary/aromatic N) is 1. The summed E-state index contributed by atoms with van der Waals surface area (Å²) < 4.78 is 25.2. The van der Waals surface area contributed by atoms with Crippen molar-refractivity contribution in [2.45, 2.75) is 133 Å². The number of nitrogens with one attached hydrogen (secondary N) is 2. The molecule has 4 aliphatic carbocycles. The highest BCUT2D eigenvalue weighted by Gasteiger charge is 2.39. The molecule has 4 saturated carbocycles. The van der Waals surface area contributed by atoms with Crippen LogP contribution in [0.4, 0.5) is 0 Å². The SMILES string of the molecule is O=C(CC1CCC(S(=O)(=O)CC2CC2)CC1)NC1CCC(C(=O)N(C2CCC2)C2CCCCN2)CC1. The van der Waals surface area contributed by atoms with Crippen LogP contribution in [0, 0.1) is 17.8 Å². The van der Waals surface area contributed by atoms with Crippen molar-refractivity contribution in [2.75, 3.05) is 12.3 Å². The molecule has 36 heavy (non-hydrogen) atoms. The molecule has 0 spiro atoms. The third-order valence-electron chi connectivity index (χ3n) is 9.72. The summed E-state index contributed by atoms with van der Waals surface area (Å²) in [6.07, 6.45) is 16.5. The minimum absolute atomic E-state index is 0.0929. The molecule has 204 valence electrons. The Morgan fingerprint density at radius 3 is 2.06 bits per heavy atom. The lowest BCUT2D eigenvalue weighted by Crippen LogP contribution is -2.58. The van der Waals surface area contributed by atoms with E-state index in [-0.39, 0.29) is 29.3 Å². The normalized spacial score (nSPS) is 33.9. The van der Waals surface area contributed by atoms with Crippen LogP contribution in [0.2, 0.25) is 0 Å². The second-order valence-corrected chi connectivity index (χ2v) is 14.9. The van der Waals surface area contributed by atoms with Crippen molar-refractivity contribution in [3.05, 3.63) is 0 Å². The van der Waals surface area contributed by atoms with Gasteiger partial charge < -0.3 is 10.2 Å². The second kappa shape index (κ2) is 11.7. The number of carbonyl (C=O) groups is 2. The highest BCUT2D eigenvalue weighted by Crippen LogP contribution is 2.37. The number of hydrogen-bond donors (Lipinski definition) is 2. The van der Waals surface area contributed by atoms with E-state index in [2.05, 4.69) is 15.5 Å². The summed E-state index contributed by atoms with van der Waals surface area (Å²) >= 11 is 0. The summed E-state index contributed by atoms with van der Waals surface area (Å²) in [4.78, 5) is 28.5. The number of sulfone groups is 1. The lowest BCUT2D eigenvalue weighted by atomic mass is 9.82. The molecule has 1 saturated heterocycles. The summed E-state index contributed by atoms with van der Waals surface area (Å²) in [6, 6.07) is 0.589. The van der Waals surface area contributed by atoms with E-state index < -0.39 is 9.84 Å². The van der Waals surface area contributed by atoms with Gasteiger partial charge in [-0.2, -0.15) is 0 Å². The molecule has 8 heteroatoms. The average molecular weight is 522 g/mol. The molecule has 5 aliphatic rings. The van der Waals surface area contributed by atoms with Gasteiger partial charge in [0, 0.05) is 24.4 Å². The van der Waals surface area contributed by atoms with E-state index in [1.165, 1.54) is 19.3 Å². The summed E-state index contributed by atoms with van der Waals surface area (Å²) in [5, 5.41) is 6.66. The predicted molar refractivity (Wildman–Crippen MR) is 141 cm³/mol. The summed E-state index contributed by atoms with van der Waals surface area (Å²) in [6.45, 7) is 1.01. The number of piperidine rings is 1. The number of rotatable bonds is 9. The third-order valence-corrected chi connectivity index (χ3v) is 12.1. The Labute approximate surface area is 217 Å². The largest absolute Gasteiger partial charge is 0.353 e. The highest BCUT2D eigenvalue weighted by atomic mass is 32.2. The Balaban J connectivity index is 1.03. The highest BCUT2D eigenvalue weighted by molar-refractivity contribution is 7.92. The van der Waals surface area contributed by atoms with E-state index in [1.54, 1.807) is 0 Å². The van der Waals surface area contributed by atoms with Crippen LogP contribution in [-0.4, -0.2) is 60.9 Å². The molecule has 5 rings (SSSR count). The first kappa shape index (κ1) is 26.5. The van der Waals surface area contributed by atoms with Gasteiger partial charge in [0.15, 0.2) is 9.84 Å². The number of hydrogen-bond acceptors (Lipinski definition) is 5. The van der Waals surface area contributed by atoms with Crippen molar-refractivity contribution in [3.63, 3.8) is 0 Å². The van der Waals surface area contributed by atoms with Crippen LogP contribution >= 0.6 is 0 Å². The van der Waals surface area contributed by atoms with Gasteiger partial charge >= 0.3 is 0 Å². The number of amides is 2. The molecule has 1 heterocycles. The smallest absolute Gasteiger partial charge is 0.227 e. The molecule has 0 aromatic heterocycles. The lowest BCUT2D eigenvalue weighted by molar-refractivity contribution is -0.145. The maximum atomic E-state index is 13.5. The van der Waals surface area contributed by atoms with E-state index in [4.69, 9.17) is 0 Å². The molecule has 1 aliphatic heterocycles. The molecule has 0 bridgehead atoms. The summed E-state index contributed by atoms with van der Waals surface area (Å²) in [7, 11) is -2.96. The maximum absolute atomic E-state index is 13.5. The van der Waals surface area contributed by atoms with Gasteiger partial charge in [-0.25, -0.2) is 8.42 Å². The van der Waals surface area contributed by atoms with E-state index >= 15 is 0 Å². The molecule has 2 N–H and O–H groups in total. The van der Waals surface area contributed by atoms with Crippen molar-refractivity contribution in [2.24, 2.45) is 17.8 Å². The zero-order valence-corrected chi connectivity index (χ0v) is 22.8. The zero-order chi connectivity index (χ0) is 25.1. The van der Waals surface area contributed by atoms with Crippen LogP contribution in [0.25, 0.3) is 0 Å². The average Bonchev–Trinajstić information content (AvgIpc) is 3.65. The molecule has 0 radical (unpaired) electrons. The Morgan fingerprint density at radius 2 is 1.47 bits per heavy atom. The van der Waals surface area contributed by atoms with E-state index in [9.17, 15) is 18.0 Å². The Morgan fingerprint density at radius 1 is 0.778 bits per heavy atom. The molecular formula is C28H47N3O4S. The van der Waals surface area contributed by atoms with E-state index in [1.807, 2.05) is 0 Å². The van der Waals surface area contributed by atoms with Gasteiger partial charge in [-0.3, -0.25) is 14.9 Å². The molecule has 0 aromatic carbocycles. The van der Waals surface area contributed by atoms with Gasteiger partial charge in [0.2, 0.25) is 11.8 Å². The molecule has 2 amide bonds. The van der Waals surface area contributed by atoms with Crippen LogP contribution in [0.15, 0.2) is 0 Å². The Hall–Kier alpha value is -1.15. The van der Waals surface area contributed by atoms with Gasteiger partial charge in [0.1, 0.15) is 0 Å². The standard InChI is InChI=1S/C28H47N3O4S/c32-27(18-20-9-15-25(16-10-20)36(34,35)19-21-7-8-21)30-23-13-11-22(12-14-23)28(33)31(24-4-3-5-24)26-6-1-2-17-29-26/h20-26,29H,1-19H2,(H,30,32). The van der Waals surface area contributed by atoms with Crippen molar-refractivity contribution in [1.29, 1.82) is 0 Å². The van der Waals surface area contributed by atoms with Crippen LogP contribution in [0.5, 0.6) is 0 Å². The quantitative estimate of drug-likeness (QED) is 0.480. The molecule has 1 atom stereocenters. The fourth-order valence-electron chi connectivity index (χ4n) is 7.01. The zero-order valence-electron chi connectivity index (χ0n) is 22.0. The van der Waals surface area contributed by atoms with Gasteiger partial charge in [-0.05, 0) is 121 Å². The summed E-state index contributed by atoms with van der Waals surface area (Å²) in [5.41, 5.74) is 0. The van der Waals surface area contributed by atoms with Crippen LogP contribution in [0.3, 0.4) is 0 Å². The van der Waals surface area contributed by atoms with Crippen LogP contribution < -0.4 is 10.6 Å². The fourth-order valence-corrected chi connectivity index (χ4v) is 9.27. The molecule has 7 nitrogen and oxygen atoms in total.